The molecule has 1 aliphatic rings. The van der Waals surface area contributed by atoms with Crippen LogP contribution in [0.5, 0.6) is 0 Å². The molecule has 0 spiro atoms. The molecule has 1 N–H and O–H groups in total. The first-order chi connectivity index (χ1) is 10.4. The van der Waals surface area contributed by atoms with Gasteiger partial charge in [-0.1, -0.05) is 26.0 Å². The number of hydrogen-bond acceptors (Lipinski definition) is 3. The minimum Gasteiger partial charge on any atom is -0.353 e. The van der Waals surface area contributed by atoms with Gasteiger partial charge in [-0.2, -0.15) is 0 Å². The molecule has 5 heteroatoms. The first-order valence-electron chi connectivity index (χ1n) is 7.66. The maximum absolute atomic E-state index is 12.2. The molecule has 1 aromatic carbocycles. The maximum Gasteiger partial charge on any atom is 0.261 e. The molecule has 118 valence electrons. The van der Waals surface area contributed by atoms with Gasteiger partial charge in [0.1, 0.15) is 0 Å². The van der Waals surface area contributed by atoms with Crippen LogP contribution in [0.4, 0.5) is 0 Å². The van der Waals surface area contributed by atoms with Crippen molar-refractivity contribution < 1.29 is 14.4 Å². The van der Waals surface area contributed by atoms with Crippen LogP contribution in [-0.4, -0.2) is 35.2 Å². The van der Waals surface area contributed by atoms with E-state index in [0.717, 1.165) is 0 Å². The van der Waals surface area contributed by atoms with Gasteiger partial charge < -0.3 is 5.32 Å². The van der Waals surface area contributed by atoms with E-state index in [1.165, 1.54) is 4.90 Å². The lowest BCUT2D eigenvalue weighted by molar-refractivity contribution is -0.122. The fourth-order valence-electron chi connectivity index (χ4n) is 2.33. The summed E-state index contributed by atoms with van der Waals surface area (Å²) >= 11 is 0. The minimum atomic E-state index is -0.267. The Hall–Kier alpha value is -2.17. The Labute approximate surface area is 130 Å². The summed E-state index contributed by atoms with van der Waals surface area (Å²) in [6.07, 6.45) is 0.784. The van der Waals surface area contributed by atoms with Crippen LogP contribution in [0.3, 0.4) is 0 Å². The van der Waals surface area contributed by atoms with Crippen molar-refractivity contribution in [3.05, 3.63) is 35.4 Å². The number of benzene rings is 1. The molecule has 0 saturated heterocycles. The van der Waals surface area contributed by atoms with Crippen molar-refractivity contribution in [1.82, 2.24) is 10.2 Å². The summed E-state index contributed by atoms with van der Waals surface area (Å²) < 4.78 is 0. The molecule has 5 nitrogen and oxygen atoms in total. The Morgan fingerprint density at radius 1 is 1.09 bits per heavy atom. The highest BCUT2D eigenvalue weighted by Gasteiger charge is 2.34. The lowest BCUT2D eigenvalue weighted by Crippen LogP contribution is -2.37. The number of carbonyl (C=O) groups is 3. The smallest absolute Gasteiger partial charge is 0.261 e. The third-order valence-corrected chi connectivity index (χ3v) is 4.05. The number of hydrogen-bond donors (Lipinski definition) is 1. The number of amides is 3. The average molecular weight is 302 g/mol. The van der Waals surface area contributed by atoms with E-state index in [1.54, 1.807) is 24.3 Å². The van der Waals surface area contributed by atoms with Crippen molar-refractivity contribution in [2.24, 2.45) is 5.92 Å². The first-order valence-corrected chi connectivity index (χ1v) is 7.66. The van der Waals surface area contributed by atoms with Gasteiger partial charge in [0.15, 0.2) is 0 Å². The Morgan fingerprint density at radius 2 is 1.64 bits per heavy atom. The lowest BCUT2D eigenvalue weighted by Gasteiger charge is -2.18. The summed E-state index contributed by atoms with van der Waals surface area (Å²) in [4.78, 5) is 37.3. The van der Waals surface area contributed by atoms with E-state index in [0.29, 0.717) is 29.9 Å². The Bertz CT molecular complexity index is 560. The predicted octanol–water partition coefficient (Wildman–Crippen LogP) is 2.22. The SMILES string of the molecule is CC(C)[C@@H](C)NC(=O)CCCN1C(=O)c2ccccc2C1=O. The van der Waals surface area contributed by atoms with Gasteiger partial charge in [0.2, 0.25) is 5.91 Å². The van der Waals surface area contributed by atoms with Crippen LogP contribution in [0.15, 0.2) is 24.3 Å². The molecule has 0 aliphatic carbocycles. The van der Waals surface area contributed by atoms with E-state index in [1.807, 2.05) is 20.8 Å². The van der Waals surface area contributed by atoms with Gasteiger partial charge in [0.05, 0.1) is 11.1 Å². The quantitative estimate of drug-likeness (QED) is 0.819. The van der Waals surface area contributed by atoms with Gasteiger partial charge >= 0.3 is 0 Å². The third kappa shape index (κ3) is 3.35. The topological polar surface area (TPSA) is 66.5 Å². The summed E-state index contributed by atoms with van der Waals surface area (Å²) in [7, 11) is 0. The molecule has 0 fully saturated rings. The van der Waals surface area contributed by atoms with Crippen molar-refractivity contribution in [1.29, 1.82) is 0 Å². The minimum absolute atomic E-state index is 0.0437. The van der Waals surface area contributed by atoms with Crippen LogP contribution in [-0.2, 0) is 4.79 Å². The second kappa shape index (κ2) is 6.73. The van der Waals surface area contributed by atoms with Crippen molar-refractivity contribution in [2.75, 3.05) is 6.54 Å². The molecule has 2 rings (SSSR count). The van der Waals surface area contributed by atoms with Crippen LogP contribution in [0.25, 0.3) is 0 Å². The normalized spacial score (nSPS) is 15.2. The summed E-state index contributed by atoms with van der Waals surface area (Å²) in [5.41, 5.74) is 0.899. The molecule has 1 heterocycles. The highest BCUT2D eigenvalue weighted by atomic mass is 16.2. The molecule has 0 unspecified atom stereocenters. The van der Waals surface area contributed by atoms with Gasteiger partial charge in [0.25, 0.3) is 11.8 Å². The number of nitrogens with zero attached hydrogens (tertiary/aromatic N) is 1. The molecule has 0 bridgehead atoms. The van der Waals surface area contributed by atoms with Crippen molar-refractivity contribution in [3.8, 4) is 0 Å². The Balaban J connectivity index is 1.85. The number of nitrogens with one attached hydrogen (secondary N) is 1. The average Bonchev–Trinajstić information content (AvgIpc) is 2.72. The number of carbonyl (C=O) groups excluding carboxylic acids is 3. The van der Waals surface area contributed by atoms with E-state index >= 15 is 0 Å². The number of imide groups is 1. The van der Waals surface area contributed by atoms with Crippen molar-refractivity contribution in [2.45, 2.75) is 39.7 Å². The largest absolute Gasteiger partial charge is 0.353 e. The van der Waals surface area contributed by atoms with Crippen LogP contribution in [0, 0.1) is 5.92 Å². The van der Waals surface area contributed by atoms with E-state index in [2.05, 4.69) is 5.32 Å². The van der Waals surface area contributed by atoms with Crippen LogP contribution in [0.1, 0.15) is 54.3 Å². The Morgan fingerprint density at radius 3 is 2.14 bits per heavy atom. The van der Waals surface area contributed by atoms with Gasteiger partial charge in [-0.25, -0.2) is 0 Å². The third-order valence-electron chi connectivity index (χ3n) is 4.05. The molecule has 3 amide bonds. The number of fused-ring (bicyclic) bond motifs is 1. The zero-order valence-corrected chi connectivity index (χ0v) is 13.3. The summed E-state index contributed by atoms with van der Waals surface area (Å²) in [5, 5.41) is 2.92. The van der Waals surface area contributed by atoms with Crippen LogP contribution in [0.2, 0.25) is 0 Å². The Kier molecular flexibility index (Phi) is 4.96. The molecule has 0 radical (unpaired) electrons. The molecular weight excluding hydrogens is 280 g/mol. The molecule has 1 aliphatic heterocycles. The van der Waals surface area contributed by atoms with Crippen LogP contribution < -0.4 is 5.32 Å². The fraction of sp³-hybridized carbons (Fsp3) is 0.471. The molecule has 1 atom stereocenters. The molecular formula is C17H22N2O3. The zero-order chi connectivity index (χ0) is 16.3. The highest BCUT2D eigenvalue weighted by molar-refractivity contribution is 6.21. The standard InChI is InChI=1S/C17H22N2O3/c1-11(2)12(3)18-15(20)9-6-10-19-16(21)13-7-4-5-8-14(13)17(19)22/h4-5,7-8,11-12H,6,9-10H2,1-3H3,(H,18,20)/t12-/m1/s1. The molecule has 22 heavy (non-hydrogen) atoms. The predicted molar refractivity (Wildman–Crippen MR) is 83.5 cm³/mol. The van der Waals surface area contributed by atoms with E-state index in [-0.39, 0.29) is 30.3 Å². The second-order valence-corrected chi connectivity index (χ2v) is 6.01. The number of rotatable bonds is 6. The van der Waals surface area contributed by atoms with Gasteiger partial charge in [-0.05, 0) is 31.4 Å². The van der Waals surface area contributed by atoms with Crippen LogP contribution >= 0.6 is 0 Å². The van der Waals surface area contributed by atoms with Gasteiger partial charge in [-0.15, -0.1) is 0 Å². The first kappa shape index (κ1) is 16.2. The molecule has 0 saturated carbocycles. The summed E-state index contributed by atoms with van der Waals surface area (Å²) in [5.74, 6) is -0.203. The fourth-order valence-corrected chi connectivity index (χ4v) is 2.33. The van der Waals surface area contributed by atoms with E-state index in [4.69, 9.17) is 0 Å². The van der Waals surface area contributed by atoms with Crippen molar-refractivity contribution in [3.63, 3.8) is 0 Å². The summed E-state index contributed by atoms with van der Waals surface area (Å²) in [6, 6.07) is 6.92. The second-order valence-electron chi connectivity index (χ2n) is 6.01. The van der Waals surface area contributed by atoms with Gasteiger partial charge in [0, 0.05) is 19.0 Å². The molecule has 1 aromatic rings. The van der Waals surface area contributed by atoms with E-state index < -0.39 is 0 Å². The maximum atomic E-state index is 12.2. The van der Waals surface area contributed by atoms with Crippen molar-refractivity contribution >= 4 is 17.7 Å². The van der Waals surface area contributed by atoms with E-state index in [9.17, 15) is 14.4 Å². The zero-order valence-electron chi connectivity index (χ0n) is 13.3. The molecule has 0 aromatic heterocycles. The monoisotopic (exact) mass is 302 g/mol. The summed E-state index contributed by atoms with van der Waals surface area (Å²) in [6.45, 7) is 6.33. The highest BCUT2D eigenvalue weighted by Crippen LogP contribution is 2.22. The van der Waals surface area contributed by atoms with Gasteiger partial charge in [-0.3, -0.25) is 19.3 Å². The lowest BCUT2D eigenvalue weighted by atomic mass is 10.1.